The SMILES string of the molecule is CN(C)c1ccc(C=CC(=O)O)c2ccccc12. The van der Waals surface area contributed by atoms with Gasteiger partial charge in [-0.1, -0.05) is 30.3 Å². The summed E-state index contributed by atoms with van der Waals surface area (Å²) in [5.41, 5.74) is 2.04. The van der Waals surface area contributed by atoms with Gasteiger partial charge in [0.25, 0.3) is 0 Å². The quantitative estimate of drug-likeness (QED) is 0.840. The van der Waals surface area contributed by atoms with Gasteiger partial charge in [-0.25, -0.2) is 4.79 Å². The zero-order valence-corrected chi connectivity index (χ0v) is 10.4. The van der Waals surface area contributed by atoms with Crippen molar-refractivity contribution >= 4 is 28.5 Å². The topological polar surface area (TPSA) is 40.5 Å². The van der Waals surface area contributed by atoms with Crippen LogP contribution in [0.2, 0.25) is 0 Å². The maximum Gasteiger partial charge on any atom is 0.328 e. The molecule has 0 aliphatic carbocycles. The van der Waals surface area contributed by atoms with E-state index >= 15 is 0 Å². The molecule has 0 aromatic heterocycles. The van der Waals surface area contributed by atoms with Gasteiger partial charge in [0, 0.05) is 31.2 Å². The lowest BCUT2D eigenvalue weighted by Crippen LogP contribution is -2.09. The molecule has 2 rings (SSSR count). The van der Waals surface area contributed by atoms with Crippen molar-refractivity contribution in [3.8, 4) is 0 Å². The Hall–Kier alpha value is -2.29. The number of rotatable bonds is 3. The highest BCUT2D eigenvalue weighted by molar-refractivity contribution is 6.00. The first-order chi connectivity index (χ1) is 8.59. The summed E-state index contributed by atoms with van der Waals surface area (Å²) in [4.78, 5) is 12.6. The molecule has 0 atom stereocenters. The van der Waals surface area contributed by atoms with Crippen LogP contribution in [-0.4, -0.2) is 25.2 Å². The van der Waals surface area contributed by atoms with Crippen molar-refractivity contribution in [3.05, 3.63) is 48.0 Å². The fraction of sp³-hybridized carbons (Fsp3) is 0.133. The molecule has 3 nitrogen and oxygen atoms in total. The van der Waals surface area contributed by atoms with E-state index in [0.717, 1.165) is 28.1 Å². The fourth-order valence-corrected chi connectivity index (χ4v) is 2.00. The molecule has 0 heterocycles. The fourth-order valence-electron chi connectivity index (χ4n) is 2.00. The second-order valence-corrected chi connectivity index (χ2v) is 4.29. The zero-order valence-electron chi connectivity index (χ0n) is 10.4. The average Bonchev–Trinajstić information content (AvgIpc) is 2.35. The maximum atomic E-state index is 10.6. The van der Waals surface area contributed by atoms with Gasteiger partial charge in [-0.2, -0.15) is 0 Å². The Kier molecular flexibility index (Phi) is 3.33. The van der Waals surface area contributed by atoms with E-state index < -0.39 is 5.97 Å². The minimum absolute atomic E-state index is 0.915. The summed E-state index contributed by atoms with van der Waals surface area (Å²) in [5, 5.41) is 10.9. The van der Waals surface area contributed by atoms with Crippen LogP contribution in [0.5, 0.6) is 0 Å². The van der Waals surface area contributed by atoms with E-state index in [9.17, 15) is 4.79 Å². The summed E-state index contributed by atoms with van der Waals surface area (Å²) in [7, 11) is 3.99. The molecular weight excluding hydrogens is 226 g/mol. The number of carboxylic acids is 1. The summed E-state index contributed by atoms with van der Waals surface area (Å²) < 4.78 is 0. The molecule has 18 heavy (non-hydrogen) atoms. The smallest absolute Gasteiger partial charge is 0.328 e. The number of hydrogen-bond acceptors (Lipinski definition) is 2. The molecule has 2 aromatic carbocycles. The number of nitrogens with zero attached hydrogens (tertiary/aromatic N) is 1. The van der Waals surface area contributed by atoms with Crippen LogP contribution < -0.4 is 4.90 Å². The van der Waals surface area contributed by atoms with Crippen molar-refractivity contribution in [3.63, 3.8) is 0 Å². The molecule has 0 saturated carbocycles. The molecular formula is C15H15NO2. The largest absolute Gasteiger partial charge is 0.478 e. The molecule has 0 amide bonds. The molecule has 92 valence electrons. The Balaban J connectivity index is 2.64. The summed E-state index contributed by atoms with van der Waals surface area (Å²) in [6, 6.07) is 11.9. The Bertz CT molecular complexity index is 615. The molecule has 0 aliphatic heterocycles. The zero-order chi connectivity index (χ0) is 13.1. The summed E-state index contributed by atoms with van der Waals surface area (Å²) >= 11 is 0. The molecule has 0 fully saturated rings. The van der Waals surface area contributed by atoms with Crippen LogP contribution in [0.25, 0.3) is 16.8 Å². The van der Waals surface area contributed by atoms with Crippen LogP contribution in [-0.2, 0) is 4.79 Å². The van der Waals surface area contributed by atoms with Crippen molar-refractivity contribution in [2.45, 2.75) is 0 Å². The molecule has 0 unspecified atom stereocenters. The molecule has 0 radical (unpaired) electrons. The summed E-state index contributed by atoms with van der Waals surface area (Å²) in [6.45, 7) is 0. The molecule has 0 saturated heterocycles. The minimum atomic E-state index is -0.934. The first kappa shape index (κ1) is 12.2. The number of aliphatic carboxylic acids is 1. The average molecular weight is 241 g/mol. The van der Waals surface area contributed by atoms with E-state index in [1.54, 1.807) is 6.08 Å². The number of carbonyl (C=O) groups is 1. The number of benzene rings is 2. The van der Waals surface area contributed by atoms with E-state index in [1.807, 2.05) is 55.4 Å². The van der Waals surface area contributed by atoms with Crippen molar-refractivity contribution in [2.24, 2.45) is 0 Å². The molecule has 0 aliphatic rings. The van der Waals surface area contributed by atoms with E-state index in [4.69, 9.17) is 5.11 Å². The van der Waals surface area contributed by atoms with Gasteiger partial charge in [0.2, 0.25) is 0 Å². The Morgan fingerprint density at radius 3 is 2.39 bits per heavy atom. The summed E-state index contributed by atoms with van der Waals surface area (Å²) in [5.74, 6) is -0.934. The third-order valence-electron chi connectivity index (χ3n) is 2.82. The van der Waals surface area contributed by atoms with E-state index in [0.29, 0.717) is 0 Å². The van der Waals surface area contributed by atoms with Gasteiger partial charge >= 0.3 is 5.97 Å². The molecule has 0 bridgehead atoms. The lowest BCUT2D eigenvalue weighted by Gasteiger charge is -2.16. The molecule has 3 heteroatoms. The highest BCUT2D eigenvalue weighted by Crippen LogP contribution is 2.28. The molecule has 2 aromatic rings. The predicted octanol–water partition coefficient (Wildman–Crippen LogP) is 3.00. The van der Waals surface area contributed by atoms with Gasteiger partial charge < -0.3 is 10.0 Å². The van der Waals surface area contributed by atoms with Crippen LogP contribution in [0.15, 0.2) is 42.5 Å². The number of carboxylic acid groups (broad SMARTS) is 1. The molecule has 1 N–H and O–H groups in total. The van der Waals surface area contributed by atoms with Crippen LogP contribution in [0, 0.1) is 0 Å². The van der Waals surface area contributed by atoms with Crippen LogP contribution >= 0.6 is 0 Å². The summed E-state index contributed by atoms with van der Waals surface area (Å²) in [6.07, 6.45) is 2.79. The Morgan fingerprint density at radius 1 is 1.11 bits per heavy atom. The Morgan fingerprint density at radius 2 is 1.78 bits per heavy atom. The highest BCUT2D eigenvalue weighted by Gasteiger charge is 2.05. The van der Waals surface area contributed by atoms with Crippen molar-refractivity contribution < 1.29 is 9.90 Å². The van der Waals surface area contributed by atoms with Gasteiger partial charge in [0.15, 0.2) is 0 Å². The van der Waals surface area contributed by atoms with Crippen LogP contribution in [0.1, 0.15) is 5.56 Å². The van der Waals surface area contributed by atoms with Gasteiger partial charge in [0.1, 0.15) is 0 Å². The number of hydrogen-bond donors (Lipinski definition) is 1. The van der Waals surface area contributed by atoms with Crippen molar-refractivity contribution in [1.82, 2.24) is 0 Å². The van der Waals surface area contributed by atoms with E-state index in [-0.39, 0.29) is 0 Å². The van der Waals surface area contributed by atoms with Crippen LogP contribution in [0.3, 0.4) is 0 Å². The maximum absolute atomic E-state index is 10.6. The van der Waals surface area contributed by atoms with Crippen molar-refractivity contribution in [1.29, 1.82) is 0 Å². The second-order valence-electron chi connectivity index (χ2n) is 4.29. The lowest BCUT2D eigenvalue weighted by molar-refractivity contribution is -0.131. The van der Waals surface area contributed by atoms with Gasteiger partial charge in [0.05, 0.1) is 0 Å². The van der Waals surface area contributed by atoms with E-state index in [1.165, 1.54) is 0 Å². The monoisotopic (exact) mass is 241 g/mol. The normalized spacial score (nSPS) is 11.0. The third kappa shape index (κ3) is 2.35. The van der Waals surface area contributed by atoms with E-state index in [2.05, 4.69) is 0 Å². The molecule has 0 spiro atoms. The minimum Gasteiger partial charge on any atom is -0.478 e. The predicted molar refractivity (Wildman–Crippen MR) is 74.9 cm³/mol. The number of fused-ring (bicyclic) bond motifs is 1. The first-order valence-electron chi connectivity index (χ1n) is 5.69. The standard InChI is InChI=1S/C15H15NO2/c1-16(2)14-9-7-11(8-10-15(17)18)12-5-3-4-6-13(12)14/h3-10H,1-2H3,(H,17,18). The van der Waals surface area contributed by atoms with Gasteiger partial charge in [-0.05, 0) is 23.1 Å². The number of anilines is 1. The first-order valence-corrected chi connectivity index (χ1v) is 5.69. The van der Waals surface area contributed by atoms with Crippen molar-refractivity contribution in [2.75, 3.05) is 19.0 Å². The van der Waals surface area contributed by atoms with Crippen LogP contribution in [0.4, 0.5) is 5.69 Å². The third-order valence-corrected chi connectivity index (χ3v) is 2.82. The lowest BCUT2D eigenvalue weighted by atomic mass is 10.0. The van der Waals surface area contributed by atoms with Gasteiger partial charge in [-0.15, -0.1) is 0 Å². The second kappa shape index (κ2) is 4.92. The van der Waals surface area contributed by atoms with Gasteiger partial charge in [-0.3, -0.25) is 0 Å². The Labute approximate surface area is 106 Å². The highest BCUT2D eigenvalue weighted by atomic mass is 16.4.